The summed E-state index contributed by atoms with van der Waals surface area (Å²) in [5, 5.41) is 5.95. The van der Waals surface area contributed by atoms with E-state index in [0.717, 1.165) is 38.3 Å². The lowest BCUT2D eigenvalue weighted by molar-refractivity contribution is 0.0521. The molecule has 0 radical (unpaired) electrons. The van der Waals surface area contributed by atoms with Crippen LogP contribution in [0.4, 0.5) is 10.5 Å². The topological polar surface area (TPSA) is 61.4 Å². The second kappa shape index (κ2) is 9.45. The number of nitrogens with zero attached hydrogens (tertiary/aromatic N) is 1. The van der Waals surface area contributed by atoms with Crippen LogP contribution in [0.5, 0.6) is 0 Å². The maximum Gasteiger partial charge on any atom is 0.319 e. The zero-order chi connectivity index (χ0) is 19.2. The molecule has 1 aliphatic carbocycles. The molecule has 27 heavy (non-hydrogen) atoms. The third kappa shape index (κ3) is 5.16. The SMILES string of the molecule is CCCCNC(=O)Nc1ccc(C(=O)N2CC[C@H]3CCCC[C@H]3C2)c(Cl)c1. The Morgan fingerprint density at radius 2 is 1.96 bits per heavy atom. The molecule has 1 heterocycles. The summed E-state index contributed by atoms with van der Waals surface area (Å²) in [5.41, 5.74) is 1.11. The van der Waals surface area contributed by atoms with Gasteiger partial charge in [-0.3, -0.25) is 4.79 Å². The molecule has 5 nitrogen and oxygen atoms in total. The van der Waals surface area contributed by atoms with E-state index in [1.807, 2.05) is 4.90 Å². The number of piperidine rings is 1. The van der Waals surface area contributed by atoms with Crippen molar-refractivity contribution in [3.8, 4) is 0 Å². The van der Waals surface area contributed by atoms with Gasteiger partial charge in [0.25, 0.3) is 5.91 Å². The summed E-state index contributed by atoms with van der Waals surface area (Å²) < 4.78 is 0. The van der Waals surface area contributed by atoms with Gasteiger partial charge >= 0.3 is 6.03 Å². The number of urea groups is 1. The van der Waals surface area contributed by atoms with Crippen molar-refractivity contribution in [3.05, 3.63) is 28.8 Å². The second-order valence-corrected chi connectivity index (χ2v) is 8.18. The molecule has 2 atom stereocenters. The molecular formula is C21H30ClN3O2. The Morgan fingerprint density at radius 3 is 2.70 bits per heavy atom. The van der Waals surface area contributed by atoms with Crippen LogP contribution >= 0.6 is 11.6 Å². The molecule has 1 aromatic rings. The van der Waals surface area contributed by atoms with Gasteiger partial charge in [0.05, 0.1) is 10.6 Å². The molecule has 0 aromatic heterocycles. The predicted octanol–water partition coefficient (Wildman–Crippen LogP) is 4.91. The van der Waals surface area contributed by atoms with Crippen LogP contribution in [0.2, 0.25) is 5.02 Å². The van der Waals surface area contributed by atoms with E-state index in [1.54, 1.807) is 18.2 Å². The number of rotatable bonds is 5. The Labute approximate surface area is 166 Å². The summed E-state index contributed by atoms with van der Waals surface area (Å²) in [6.45, 7) is 4.38. The minimum Gasteiger partial charge on any atom is -0.338 e. The van der Waals surface area contributed by atoms with Crippen LogP contribution in [0.15, 0.2) is 18.2 Å². The number of carbonyl (C=O) groups excluding carboxylic acids is 2. The smallest absolute Gasteiger partial charge is 0.319 e. The van der Waals surface area contributed by atoms with Gasteiger partial charge in [-0.05, 0) is 49.3 Å². The highest BCUT2D eigenvalue weighted by molar-refractivity contribution is 6.34. The van der Waals surface area contributed by atoms with Gasteiger partial charge in [-0.25, -0.2) is 4.79 Å². The molecular weight excluding hydrogens is 362 g/mol. The molecule has 3 amide bonds. The Hall–Kier alpha value is -1.75. The van der Waals surface area contributed by atoms with Crippen LogP contribution in [-0.4, -0.2) is 36.5 Å². The Morgan fingerprint density at radius 1 is 1.19 bits per heavy atom. The number of anilines is 1. The van der Waals surface area contributed by atoms with Crippen molar-refractivity contribution in [1.29, 1.82) is 0 Å². The average Bonchev–Trinajstić information content (AvgIpc) is 2.67. The zero-order valence-electron chi connectivity index (χ0n) is 16.1. The molecule has 1 saturated carbocycles. The lowest BCUT2D eigenvalue weighted by Gasteiger charge is -2.41. The number of halogens is 1. The molecule has 0 bridgehead atoms. The quantitative estimate of drug-likeness (QED) is 0.700. The van der Waals surface area contributed by atoms with Crippen LogP contribution in [0.25, 0.3) is 0 Å². The maximum absolute atomic E-state index is 12.9. The first kappa shape index (κ1) is 20.0. The van der Waals surface area contributed by atoms with Crippen molar-refractivity contribution >= 4 is 29.2 Å². The van der Waals surface area contributed by atoms with E-state index < -0.39 is 0 Å². The van der Waals surface area contributed by atoms with E-state index in [4.69, 9.17) is 11.6 Å². The number of fused-ring (bicyclic) bond motifs is 1. The number of benzene rings is 1. The van der Waals surface area contributed by atoms with Crippen LogP contribution in [0, 0.1) is 11.8 Å². The normalized spacial score (nSPS) is 22.1. The van der Waals surface area contributed by atoms with E-state index in [2.05, 4.69) is 17.6 Å². The fraction of sp³-hybridized carbons (Fsp3) is 0.619. The van der Waals surface area contributed by atoms with Crippen molar-refractivity contribution in [2.45, 2.75) is 51.9 Å². The molecule has 1 aromatic carbocycles. The first-order chi connectivity index (χ1) is 13.1. The van der Waals surface area contributed by atoms with E-state index in [1.165, 1.54) is 25.7 Å². The van der Waals surface area contributed by atoms with Crippen LogP contribution in [0.1, 0.15) is 62.2 Å². The Kier molecular flexibility index (Phi) is 7.00. The van der Waals surface area contributed by atoms with Gasteiger partial charge in [0.2, 0.25) is 0 Å². The molecule has 2 fully saturated rings. The van der Waals surface area contributed by atoms with Gasteiger partial charge < -0.3 is 15.5 Å². The highest BCUT2D eigenvalue weighted by Gasteiger charge is 2.33. The number of carbonyl (C=O) groups is 2. The van der Waals surface area contributed by atoms with Crippen molar-refractivity contribution in [1.82, 2.24) is 10.2 Å². The largest absolute Gasteiger partial charge is 0.338 e. The predicted molar refractivity (Wildman–Crippen MR) is 109 cm³/mol. The highest BCUT2D eigenvalue weighted by Crippen LogP contribution is 2.36. The van der Waals surface area contributed by atoms with Gasteiger partial charge in [-0.15, -0.1) is 0 Å². The first-order valence-electron chi connectivity index (χ1n) is 10.2. The van der Waals surface area contributed by atoms with Crippen molar-refractivity contribution < 1.29 is 9.59 Å². The summed E-state index contributed by atoms with van der Waals surface area (Å²) >= 11 is 6.37. The van der Waals surface area contributed by atoms with Gasteiger partial charge in [0.1, 0.15) is 0 Å². The summed E-state index contributed by atoms with van der Waals surface area (Å²) in [6.07, 6.45) is 8.24. The van der Waals surface area contributed by atoms with Crippen molar-refractivity contribution in [2.75, 3.05) is 25.0 Å². The summed E-state index contributed by atoms with van der Waals surface area (Å²) in [5.74, 6) is 1.43. The number of hydrogen-bond donors (Lipinski definition) is 2. The maximum atomic E-state index is 12.9. The minimum absolute atomic E-state index is 0.00275. The lowest BCUT2D eigenvalue weighted by atomic mass is 9.75. The third-order valence-electron chi connectivity index (χ3n) is 5.85. The Bertz CT molecular complexity index is 679. The van der Waals surface area contributed by atoms with Crippen molar-refractivity contribution in [3.63, 3.8) is 0 Å². The molecule has 0 unspecified atom stereocenters. The number of amides is 3. The molecule has 148 valence electrons. The first-order valence-corrected chi connectivity index (χ1v) is 10.6. The van der Waals surface area contributed by atoms with Crippen LogP contribution in [-0.2, 0) is 0 Å². The third-order valence-corrected chi connectivity index (χ3v) is 6.16. The number of likely N-dealkylation sites (tertiary alicyclic amines) is 1. The molecule has 3 rings (SSSR count). The van der Waals surface area contributed by atoms with Crippen LogP contribution < -0.4 is 10.6 Å². The second-order valence-electron chi connectivity index (χ2n) is 7.77. The number of nitrogens with one attached hydrogen (secondary N) is 2. The molecule has 0 spiro atoms. The van der Waals surface area contributed by atoms with Crippen molar-refractivity contribution in [2.24, 2.45) is 11.8 Å². The number of hydrogen-bond acceptors (Lipinski definition) is 2. The fourth-order valence-corrected chi connectivity index (χ4v) is 4.54. The van der Waals surface area contributed by atoms with E-state index in [0.29, 0.717) is 28.7 Å². The van der Waals surface area contributed by atoms with Gasteiger partial charge in [-0.2, -0.15) is 0 Å². The van der Waals surface area contributed by atoms with Gasteiger partial charge in [0.15, 0.2) is 0 Å². The molecule has 6 heteroatoms. The van der Waals surface area contributed by atoms with E-state index >= 15 is 0 Å². The van der Waals surface area contributed by atoms with E-state index in [9.17, 15) is 9.59 Å². The van der Waals surface area contributed by atoms with Gasteiger partial charge in [0, 0.05) is 25.3 Å². The lowest BCUT2D eigenvalue weighted by Crippen LogP contribution is -2.44. The molecule has 1 saturated heterocycles. The molecule has 2 N–H and O–H groups in total. The standard InChI is InChI=1S/C21H30ClN3O2/c1-2-3-11-23-21(27)24-17-8-9-18(19(22)13-17)20(26)25-12-10-15-6-4-5-7-16(15)14-25/h8-9,13,15-16H,2-7,10-12,14H2,1H3,(H2,23,24,27)/t15-,16+/m1/s1. The summed E-state index contributed by atoms with van der Waals surface area (Å²) in [7, 11) is 0. The van der Waals surface area contributed by atoms with Crippen LogP contribution in [0.3, 0.4) is 0 Å². The van der Waals surface area contributed by atoms with Gasteiger partial charge in [-0.1, -0.05) is 44.2 Å². The molecule has 2 aliphatic rings. The fourth-order valence-electron chi connectivity index (χ4n) is 4.28. The highest BCUT2D eigenvalue weighted by atomic mass is 35.5. The summed E-state index contributed by atoms with van der Waals surface area (Å²) in [4.78, 5) is 26.8. The molecule has 1 aliphatic heterocycles. The minimum atomic E-state index is -0.252. The van der Waals surface area contributed by atoms with E-state index in [-0.39, 0.29) is 11.9 Å². The monoisotopic (exact) mass is 391 g/mol. The summed E-state index contributed by atoms with van der Waals surface area (Å²) in [6, 6.07) is 4.87. The zero-order valence-corrected chi connectivity index (χ0v) is 16.9. The number of unbranched alkanes of at least 4 members (excludes halogenated alkanes) is 1. The average molecular weight is 392 g/mol. The Balaban J connectivity index is 1.59.